The molecule has 0 fully saturated rings. The molecule has 3 nitrogen and oxygen atoms in total. The van der Waals surface area contributed by atoms with Gasteiger partial charge in [-0.05, 0) is 25.1 Å². The van der Waals surface area contributed by atoms with E-state index in [1.165, 1.54) is 0 Å². The molecule has 0 aliphatic rings. The summed E-state index contributed by atoms with van der Waals surface area (Å²) in [6, 6.07) is 6.95. The maximum atomic E-state index is 11.7. The van der Waals surface area contributed by atoms with Crippen LogP contribution in [0.1, 0.15) is 6.92 Å². The highest BCUT2D eigenvalue weighted by atomic mass is 79.9. The second kappa shape index (κ2) is 7.36. The van der Waals surface area contributed by atoms with Crippen LogP contribution in [0.25, 0.3) is 0 Å². The SMILES string of the molecule is CC(CBr)(CBr)NC(=O)COc1cccc(Cl)c1. The topological polar surface area (TPSA) is 38.3 Å². The van der Waals surface area contributed by atoms with Crippen LogP contribution in [-0.2, 0) is 4.79 Å². The number of benzene rings is 1. The van der Waals surface area contributed by atoms with Gasteiger partial charge < -0.3 is 10.1 Å². The Bertz CT molecular complexity index is 411. The Morgan fingerprint density at radius 1 is 1.44 bits per heavy atom. The first-order valence-corrected chi connectivity index (χ1v) is 7.92. The predicted molar refractivity (Wildman–Crippen MR) is 81.1 cm³/mol. The first-order chi connectivity index (χ1) is 8.49. The Hall–Kier alpha value is -0.260. The standard InChI is InChI=1S/C12H14Br2ClNO2/c1-12(7-13,8-14)16-11(17)6-18-10-4-2-3-9(15)5-10/h2-5H,6-8H2,1H3,(H,16,17). The molecule has 0 atom stereocenters. The van der Waals surface area contributed by atoms with Gasteiger partial charge in [-0.3, -0.25) is 4.79 Å². The number of rotatable bonds is 6. The van der Waals surface area contributed by atoms with Gasteiger partial charge in [-0.25, -0.2) is 0 Å². The maximum absolute atomic E-state index is 11.7. The number of carbonyl (C=O) groups is 1. The van der Waals surface area contributed by atoms with E-state index in [1.807, 2.05) is 6.92 Å². The van der Waals surface area contributed by atoms with E-state index in [0.29, 0.717) is 21.4 Å². The van der Waals surface area contributed by atoms with Crippen LogP contribution in [0.5, 0.6) is 5.75 Å². The Morgan fingerprint density at radius 2 is 2.11 bits per heavy atom. The van der Waals surface area contributed by atoms with Gasteiger partial charge in [0, 0.05) is 15.7 Å². The maximum Gasteiger partial charge on any atom is 0.258 e. The van der Waals surface area contributed by atoms with Gasteiger partial charge in [-0.15, -0.1) is 0 Å². The molecule has 0 aliphatic heterocycles. The van der Waals surface area contributed by atoms with E-state index in [9.17, 15) is 4.79 Å². The summed E-state index contributed by atoms with van der Waals surface area (Å²) in [5.41, 5.74) is -0.325. The van der Waals surface area contributed by atoms with Crippen LogP contribution in [0, 0.1) is 0 Å². The van der Waals surface area contributed by atoms with Gasteiger partial charge >= 0.3 is 0 Å². The molecule has 0 heterocycles. The van der Waals surface area contributed by atoms with Gasteiger partial charge in [-0.2, -0.15) is 0 Å². The molecule has 0 aliphatic carbocycles. The predicted octanol–water partition coefficient (Wildman–Crippen LogP) is 3.38. The Morgan fingerprint density at radius 3 is 2.67 bits per heavy atom. The summed E-state index contributed by atoms with van der Waals surface area (Å²) in [4.78, 5) is 11.7. The van der Waals surface area contributed by atoms with Gasteiger partial charge in [0.2, 0.25) is 0 Å². The highest BCUT2D eigenvalue weighted by Gasteiger charge is 2.23. The summed E-state index contributed by atoms with van der Waals surface area (Å²) in [6.07, 6.45) is 0. The zero-order chi connectivity index (χ0) is 13.6. The molecule has 100 valence electrons. The van der Waals surface area contributed by atoms with Crippen molar-refractivity contribution in [3.05, 3.63) is 29.3 Å². The van der Waals surface area contributed by atoms with Crippen LogP contribution in [0.15, 0.2) is 24.3 Å². The molecule has 0 bridgehead atoms. The van der Waals surface area contributed by atoms with Crippen molar-refractivity contribution in [1.82, 2.24) is 5.32 Å². The lowest BCUT2D eigenvalue weighted by Crippen LogP contribution is -2.50. The molecule has 1 amide bonds. The number of carbonyl (C=O) groups excluding carboxylic acids is 1. The van der Waals surface area contributed by atoms with Crippen molar-refractivity contribution in [3.8, 4) is 5.75 Å². The van der Waals surface area contributed by atoms with E-state index in [2.05, 4.69) is 37.2 Å². The first kappa shape index (κ1) is 15.8. The minimum absolute atomic E-state index is 0.0318. The van der Waals surface area contributed by atoms with E-state index in [1.54, 1.807) is 24.3 Å². The lowest BCUT2D eigenvalue weighted by Gasteiger charge is -2.26. The summed E-state index contributed by atoms with van der Waals surface area (Å²) in [5, 5.41) is 4.79. The molecule has 0 unspecified atom stereocenters. The van der Waals surface area contributed by atoms with Gasteiger partial charge in [-0.1, -0.05) is 49.5 Å². The zero-order valence-corrected chi connectivity index (χ0v) is 13.8. The van der Waals surface area contributed by atoms with Crippen LogP contribution < -0.4 is 10.1 Å². The molecular weight excluding hydrogens is 385 g/mol. The molecule has 1 N–H and O–H groups in total. The molecule has 18 heavy (non-hydrogen) atoms. The summed E-state index contributed by atoms with van der Waals surface area (Å²) < 4.78 is 5.36. The van der Waals surface area contributed by atoms with Crippen molar-refractivity contribution in [2.45, 2.75) is 12.5 Å². The van der Waals surface area contributed by atoms with Crippen molar-refractivity contribution >= 4 is 49.4 Å². The quantitative estimate of drug-likeness (QED) is 0.745. The first-order valence-electron chi connectivity index (χ1n) is 5.30. The fourth-order valence-electron chi connectivity index (χ4n) is 1.18. The normalized spacial score (nSPS) is 11.1. The molecule has 0 saturated heterocycles. The molecule has 0 saturated carbocycles. The third-order valence-electron chi connectivity index (χ3n) is 2.20. The molecule has 6 heteroatoms. The summed E-state index contributed by atoms with van der Waals surface area (Å²) >= 11 is 12.5. The molecular formula is C12H14Br2ClNO2. The van der Waals surface area contributed by atoms with Crippen LogP contribution in [-0.4, -0.2) is 28.7 Å². The van der Waals surface area contributed by atoms with Gasteiger partial charge in [0.25, 0.3) is 5.91 Å². The van der Waals surface area contributed by atoms with Crippen molar-refractivity contribution in [2.24, 2.45) is 0 Å². The monoisotopic (exact) mass is 397 g/mol. The van der Waals surface area contributed by atoms with Crippen LogP contribution in [0.4, 0.5) is 0 Å². The van der Waals surface area contributed by atoms with Crippen molar-refractivity contribution in [2.75, 3.05) is 17.3 Å². The second-order valence-electron chi connectivity index (χ2n) is 4.12. The van der Waals surface area contributed by atoms with Crippen molar-refractivity contribution < 1.29 is 9.53 Å². The smallest absolute Gasteiger partial charge is 0.258 e. The molecule has 0 aromatic heterocycles. The molecule has 1 rings (SSSR count). The highest BCUT2D eigenvalue weighted by molar-refractivity contribution is 9.09. The Kier molecular flexibility index (Phi) is 6.46. The Balaban J connectivity index is 2.47. The zero-order valence-electron chi connectivity index (χ0n) is 9.88. The second-order valence-corrected chi connectivity index (χ2v) is 5.68. The Labute approximate surface area is 128 Å². The summed E-state index contributed by atoms with van der Waals surface area (Å²) in [7, 11) is 0. The van der Waals surface area contributed by atoms with Crippen LogP contribution >= 0.6 is 43.5 Å². The van der Waals surface area contributed by atoms with Gasteiger partial charge in [0.05, 0.1) is 5.54 Å². The lowest BCUT2D eigenvalue weighted by molar-refractivity contribution is -0.124. The van der Waals surface area contributed by atoms with Crippen molar-refractivity contribution in [1.29, 1.82) is 0 Å². The van der Waals surface area contributed by atoms with E-state index in [0.717, 1.165) is 0 Å². The van der Waals surface area contributed by atoms with Gasteiger partial charge in [0.1, 0.15) is 5.75 Å². The fraction of sp³-hybridized carbons (Fsp3) is 0.417. The average molecular weight is 400 g/mol. The largest absolute Gasteiger partial charge is 0.484 e. The highest BCUT2D eigenvalue weighted by Crippen LogP contribution is 2.17. The van der Waals surface area contributed by atoms with Gasteiger partial charge in [0.15, 0.2) is 6.61 Å². The van der Waals surface area contributed by atoms with E-state index in [-0.39, 0.29) is 18.1 Å². The van der Waals surface area contributed by atoms with Crippen LogP contribution in [0.2, 0.25) is 5.02 Å². The number of nitrogens with one attached hydrogen (secondary N) is 1. The molecule has 0 spiro atoms. The number of hydrogen-bond donors (Lipinski definition) is 1. The lowest BCUT2D eigenvalue weighted by atomic mass is 10.1. The van der Waals surface area contributed by atoms with E-state index in [4.69, 9.17) is 16.3 Å². The van der Waals surface area contributed by atoms with Crippen molar-refractivity contribution in [3.63, 3.8) is 0 Å². The van der Waals surface area contributed by atoms with E-state index >= 15 is 0 Å². The molecule has 1 aromatic carbocycles. The third kappa shape index (κ3) is 5.16. The van der Waals surface area contributed by atoms with Crippen LogP contribution in [0.3, 0.4) is 0 Å². The third-order valence-corrected chi connectivity index (χ3v) is 4.91. The number of ether oxygens (including phenoxy) is 1. The average Bonchev–Trinajstić information content (AvgIpc) is 2.36. The summed E-state index contributed by atoms with van der Waals surface area (Å²) in [6.45, 7) is 1.91. The number of hydrogen-bond acceptors (Lipinski definition) is 2. The summed E-state index contributed by atoms with van der Waals surface area (Å²) in [5.74, 6) is 0.411. The molecule has 0 radical (unpaired) electrons. The number of halogens is 3. The number of amides is 1. The number of alkyl halides is 2. The fourth-order valence-corrected chi connectivity index (χ4v) is 2.57. The minimum atomic E-state index is -0.325. The van der Waals surface area contributed by atoms with E-state index < -0.39 is 0 Å². The molecule has 1 aromatic rings. The minimum Gasteiger partial charge on any atom is -0.484 e.